The molecule has 0 saturated heterocycles. The Hall–Kier alpha value is -3.50. The number of carbonyl (C=O) groups excluding carboxylic acids is 1. The van der Waals surface area contributed by atoms with Gasteiger partial charge in [-0.3, -0.25) is 4.79 Å². The number of benzene rings is 4. The number of rotatable bonds is 3. The second-order valence-electron chi connectivity index (χ2n) is 7.54. The van der Waals surface area contributed by atoms with Gasteiger partial charge in [-0.05, 0) is 63.5 Å². The Bertz CT molecular complexity index is 1450. The molecule has 3 nitrogen and oxygen atoms in total. The summed E-state index contributed by atoms with van der Waals surface area (Å²) in [5.74, 6) is -0.162. The minimum atomic E-state index is -0.162. The summed E-state index contributed by atoms with van der Waals surface area (Å²) in [6.07, 6.45) is 0. The minimum Gasteiger partial charge on any atom is -0.321 e. The Morgan fingerprint density at radius 2 is 1.58 bits per heavy atom. The average Bonchev–Trinajstić information content (AvgIpc) is 2.79. The van der Waals surface area contributed by atoms with Crippen LogP contribution in [0.4, 0.5) is 5.69 Å². The molecule has 0 aliphatic rings. The third kappa shape index (κ3) is 3.71. The minimum absolute atomic E-state index is 0.162. The van der Waals surface area contributed by atoms with E-state index in [-0.39, 0.29) is 5.91 Å². The quantitative estimate of drug-likeness (QED) is 0.301. The topological polar surface area (TPSA) is 42.0 Å². The van der Waals surface area contributed by atoms with Crippen LogP contribution < -0.4 is 5.32 Å². The number of anilines is 1. The molecule has 4 aromatic carbocycles. The zero-order valence-corrected chi connectivity index (χ0v) is 18.5. The molecule has 150 valence electrons. The number of aromatic nitrogens is 1. The molecule has 5 aromatic rings. The summed E-state index contributed by atoms with van der Waals surface area (Å²) in [5.41, 5.74) is 5.04. The number of aryl methyl sites for hydroxylation is 1. The first-order chi connectivity index (χ1) is 15.1. The van der Waals surface area contributed by atoms with E-state index < -0.39 is 0 Å². The normalized spacial score (nSPS) is 11.0. The number of amides is 1. The molecule has 0 atom stereocenters. The molecular weight excluding hydrogens is 448 g/mol. The average molecular weight is 467 g/mol. The smallest absolute Gasteiger partial charge is 0.256 e. The zero-order chi connectivity index (χ0) is 21.4. The fourth-order valence-electron chi connectivity index (χ4n) is 3.86. The van der Waals surface area contributed by atoms with Crippen molar-refractivity contribution in [1.82, 2.24) is 4.98 Å². The van der Waals surface area contributed by atoms with E-state index in [0.717, 1.165) is 48.7 Å². The molecule has 0 saturated carbocycles. The van der Waals surface area contributed by atoms with Gasteiger partial charge in [-0.1, -0.05) is 66.7 Å². The van der Waals surface area contributed by atoms with Crippen molar-refractivity contribution in [3.8, 4) is 11.3 Å². The zero-order valence-electron chi connectivity index (χ0n) is 16.9. The van der Waals surface area contributed by atoms with Gasteiger partial charge in [0.05, 0.1) is 22.5 Å². The lowest BCUT2D eigenvalue weighted by molar-refractivity contribution is 0.102. The van der Waals surface area contributed by atoms with Crippen LogP contribution in [0.1, 0.15) is 15.9 Å². The van der Waals surface area contributed by atoms with Gasteiger partial charge in [-0.25, -0.2) is 4.98 Å². The number of nitrogens with zero attached hydrogens (tertiary/aromatic N) is 1. The number of carbonyl (C=O) groups is 1. The molecule has 1 aromatic heterocycles. The van der Waals surface area contributed by atoms with Crippen LogP contribution >= 0.6 is 15.9 Å². The lowest BCUT2D eigenvalue weighted by Crippen LogP contribution is -2.13. The van der Waals surface area contributed by atoms with Crippen LogP contribution in [0.15, 0.2) is 95.5 Å². The number of hydrogen-bond acceptors (Lipinski definition) is 2. The fourth-order valence-corrected chi connectivity index (χ4v) is 4.45. The molecule has 0 aliphatic carbocycles. The van der Waals surface area contributed by atoms with E-state index in [1.165, 1.54) is 0 Å². The fraction of sp³-hybridized carbons (Fsp3) is 0.0370. The molecule has 0 bridgehead atoms. The number of fused-ring (bicyclic) bond motifs is 2. The van der Waals surface area contributed by atoms with Crippen molar-refractivity contribution in [3.63, 3.8) is 0 Å². The van der Waals surface area contributed by atoms with Gasteiger partial charge in [-0.2, -0.15) is 0 Å². The molecule has 0 unspecified atom stereocenters. The second-order valence-corrected chi connectivity index (χ2v) is 8.39. The molecule has 1 heterocycles. The molecule has 5 rings (SSSR count). The van der Waals surface area contributed by atoms with Crippen molar-refractivity contribution >= 4 is 49.2 Å². The standard InChI is InChI=1S/C27H19BrN2O/c1-17-13-14-25(23(28)15-17)30-27(31)22-16-26(29-24-12-5-4-10-21(22)24)20-11-6-8-18-7-2-3-9-19(18)20/h2-16H,1H3,(H,30,31). The predicted octanol–water partition coefficient (Wildman–Crippen LogP) is 7.38. The molecule has 0 spiro atoms. The van der Waals surface area contributed by atoms with Crippen LogP contribution in [0.25, 0.3) is 32.9 Å². The first-order valence-electron chi connectivity index (χ1n) is 10.1. The van der Waals surface area contributed by atoms with Crippen LogP contribution in [-0.2, 0) is 0 Å². The van der Waals surface area contributed by atoms with Crippen molar-refractivity contribution in [1.29, 1.82) is 0 Å². The van der Waals surface area contributed by atoms with Crippen molar-refractivity contribution in [2.45, 2.75) is 6.92 Å². The summed E-state index contributed by atoms with van der Waals surface area (Å²) >= 11 is 3.55. The summed E-state index contributed by atoms with van der Waals surface area (Å²) in [7, 11) is 0. The van der Waals surface area contributed by atoms with Crippen LogP contribution in [0.3, 0.4) is 0 Å². The summed E-state index contributed by atoms with van der Waals surface area (Å²) < 4.78 is 0.855. The predicted molar refractivity (Wildman–Crippen MR) is 132 cm³/mol. The van der Waals surface area contributed by atoms with Crippen molar-refractivity contribution < 1.29 is 4.79 Å². The van der Waals surface area contributed by atoms with E-state index in [9.17, 15) is 4.79 Å². The van der Waals surface area contributed by atoms with Crippen molar-refractivity contribution in [3.05, 3.63) is 107 Å². The van der Waals surface area contributed by atoms with E-state index in [2.05, 4.69) is 45.5 Å². The highest BCUT2D eigenvalue weighted by atomic mass is 79.9. The maximum atomic E-state index is 13.4. The Balaban J connectivity index is 1.67. The lowest BCUT2D eigenvalue weighted by Gasteiger charge is -2.13. The highest BCUT2D eigenvalue weighted by Crippen LogP contribution is 2.31. The Morgan fingerprint density at radius 3 is 2.42 bits per heavy atom. The van der Waals surface area contributed by atoms with Gasteiger partial charge in [-0.15, -0.1) is 0 Å². The van der Waals surface area contributed by atoms with Gasteiger partial charge in [0.25, 0.3) is 5.91 Å². The summed E-state index contributed by atoms with van der Waals surface area (Å²) in [5, 5.41) is 6.13. The van der Waals surface area contributed by atoms with Gasteiger partial charge in [0.15, 0.2) is 0 Å². The third-order valence-electron chi connectivity index (χ3n) is 5.40. The number of pyridine rings is 1. The molecule has 1 N–H and O–H groups in total. The number of para-hydroxylation sites is 1. The van der Waals surface area contributed by atoms with Crippen LogP contribution in [-0.4, -0.2) is 10.9 Å². The third-order valence-corrected chi connectivity index (χ3v) is 6.06. The van der Waals surface area contributed by atoms with E-state index in [1.54, 1.807) is 0 Å². The molecule has 1 amide bonds. The first-order valence-corrected chi connectivity index (χ1v) is 10.8. The monoisotopic (exact) mass is 466 g/mol. The molecule has 0 radical (unpaired) electrons. The molecule has 31 heavy (non-hydrogen) atoms. The summed E-state index contributed by atoms with van der Waals surface area (Å²) in [6, 6.07) is 29.9. The van der Waals surface area contributed by atoms with Gasteiger partial charge < -0.3 is 5.32 Å². The summed E-state index contributed by atoms with van der Waals surface area (Å²) in [4.78, 5) is 18.2. The number of nitrogens with one attached hydrogen (secondary N) is 1. The van der Waals surface area contributed by atoms with Gasteiger partial charge >= 0.3 is 0 Å². The van der Waals surface area contributed by atoms with Gasteiger partial charge in [0.1, 0.15) is 0 Å². The van der Waals surface area contributed by atoms with Crippen LogP contribution in [0.2, 0.25) is 0 Å². The van der Waals surface area contributed by atoms with E-state index in [0.29, 0.717) is 5.56 Å². The second kappa shape index (κ2) is 7.97. The summed E-state index contributed by atoms with van der Waals surface area (Å²) in [6.45, 7) is 2.02. The molecule has 0 aliphatic heterocycles. The Kier molecular flexibility index (Phi) is 5.00. The highest BCUT2D eigenvalue weighted by Gasteiger charge is 2.16. The Morgan fingerprint density at radius 1 is 0.839 bits per heavy atom. The highest BCUT2D eigenvalue weighted by molar-refractivity contribution is 9.10. The maximum Gasteiger partial charge on any atom is 0.256 e. The maximum absolute atomic E-state index is 13.4. The van der Waals surface area contributed by atoms with Crippen LogP contribution in [0.5, 0.6) is 0 Å². The van der Waals surface area contributed by atoms with Crippen molar-refractivity contribution in [2.24, 2.45) is 0 Å². The first kappa shape index (κ1) is 19.5. The van der Waals surface area contributed by atoms with Gasteiger partial charge in [0, 0.05) is 15.4 Å². The largest absolute Gasteiger partial charge is 0.321 e. The van der Waals surface area contributed by atoms with Crippen LogP contribution in [0, 0.1) is 6.92 Å². The van der Waals surface area contributed by atoms with E-state index in [4.69, 9.17) is 4.98 Å². The number of hydrogen-bond donors (Lipinski definition) is 1. The SMILES string of the molecule is Cc1ccc(NC(=O)c2cc(-c3cccc4ccccc34)nc3ccccc23)c(Br)c1. The molecular formula is C27H19BrN2O. The van der Waals surface area contributed by atoms with Crippen molar-refractivity contribution in [2.75, 3.05) is 5.32 Å². The van der Waals surface area contributed by atoms with Gasteiger partial charge in [0.2, 0.25) is 0 Å². The van der Waals surface area contributed by atoms with E-state index in [1.807, 2.05) is 73.7 Å². The molecule has 4 heteroatoms. The van der Waals surface area contributed by atoms with E-state index >= 15 is 0 Å². The number of halogens is 1. The molecule has 0 fully saturated rings. The lowest BCUT2D eigenvalue weighted by atomic mass is 9.99. The Labute approximate surface area is 188 Å².